The molecule has 6 heteroatoms. The van der Waals surface area contributed by atoms with Gasteiger partial charge >= 0.3 is 5.69 Å². The van der Waals surface area contributed by atoms with E-state index in [0.717, 1.165) is 11.6 Å². The topological polar surface area (TPSA) is 78.4 Å². The van der Waals surface area contributed by atoms with Crippen LogP contribution in [0.2, 0.25) is 0 Å². The summed E-state index contributed by atoms with van der Waals surface area (Å²) in [6, 6.07) is 11.0. The molecule has 0 saturated heterocycles. The molecule has 0 aliphatic heterocycles. The molecule has 0 saturated carbocycles. The van der Waals surface area contributed by atoms with Crippen molar-refractivity contribution < 1.29 is 14.1 Å². The Balaban J connectivity index is 2.09. The number of hydrogen-bond acceptors (Lipinski definition) is 4. The van der Waals surface area contributed by atoms with Crippen LogP contribution in [0.15, 0.2) is 42.5 Å². The molecule has 21 heavy (non-hydrogen) atoms. The molecule has 0 fully saturated rings. The molecule has 0 aliphatic rings. The van der Waals surface area contributed by atoms with Crippen molar-refractivity contribution >= 4 is 5.69 Å². The largest absolute Gasteiger partial charge is 0.489 e. The van der Waals surface area contributed by atoms with Crippen molar-refractivity contribution in [2.45, 2.75) is 19.6 Å². The van der Waals surface area contributed by atoms with Crippen molar-refractivity contribution in [3.63, 3.8) is 0 Å². The molecule has 1 atom stereocenters. The second-order valence-corrected chi connectivity index (χ2v) is 4.65. The van der Waals surface area contributed by atoms with Crippen LogP contribution in [0.3, 0.4) is 0 Å². The molecular formula is C15H15FN2O3. The summed E-state index contributed by atoms with van der Waals surface area (Å²) in [4.78, 5) is 9.91. The summed E-state index contributed by atoms with van der Waals surface area (Å²) in [7, 11) is 0. The molecule has 5 nitrogen and oxygen atoms in total. The van der Waals surface area contributed by atoms with E-state index < -0.39 is 16.4 Å². The quantitative estimate of drug-likeness (QED) is 0.676. The molecule has 0 aromatic heterocycles. The summed E-state index contributed by atoms with van der Waals surface area (Å²) in [6.45, 7) is 1.79. The highest BCUT2D eigenvalue weighted by molar-refractivity contribution is 5.37. The third-order valence-electron chi connectivity index (χ3n) is 3.06. The molecule has 0 spiro atoms. The number of rotatable bonds is 5. The highest BCUT2D eigenvalue weighted by Gasteiger charge is 2.17. The number of nitrogens with zero attached hydrogens (tertiary/aromatic N) is 1. The van der Waals surface area contributed by atoms with Crippen LogP contribution in [0.5, 0.6) is 5.75 Å². The maximum absolute atomic E-state index is 13.9. The van der Waals surface area contributed by atoms with E-state index in [2.05, 4.69) is 0 Å². The van der Waals surface area contributed by atoms with Gasteiger partial charge in [-0.2, -0.15) is 4.39 Å². The van der Waals surface area contributed by atoms with E-state index in [0.29, 0.717) is 5.75 Å². The van der Waals surface area contributed by atoms with Gasteiger partial charge in [-0.1, -0.05) is 24.3 Å². The first-order valence-electron chi connectivity index (χ1n) is 6.39. The van der Waals surface area contributed by atoms with E-state index in [1.807, 2.05) is 19.1 Å². The monoisotopic (exact) mass is 290 g/mol. The van der Waals surface area contributed by atoms with Gasteiger partial charge in [-0.05, 0) is 24.6 Å². The van der Waals surface area contributed by atoms with Gasteiger partial charge in [0.25, 0.3) is 0 Å². The van der Waals surface area contributed by atoms with Crippen LogP contribution in [-0.4, -0.2) is 4.92 Å². The minimum Gasteiger partial charge on any atom is -0.489 e. The first-order chi connectivity index (χ1) is 9.99. The average Bonchev–Trinajstić information content (AvgIpc) is 2.46. The first kappa shape index (κ1) is 14.9. The third kappa shape index (κ3) is 3.55. The molecule has 2 aromatic rings. The van der Waals surface area contributed by atoms with Crippen molar-refractivity contribution in [3.8, 4) is 5.75 Å². The Hall–Kier alpha value is -2.47. The zero-order valence-electron chi connectivity index (χ0n) is 11.5. The second-order valence-electron chi connectivity index (χ2n) is 4.65. The lowest BCUT2D eigenvalue weighted by Gasteiger charge is -2.09. The van der Waals surface area contributed by atoms with Gasteiger partial charge in [0.15, 0.2) is 0 Å². The van der Waals surface area contributed by atoms with Crippen LogP contribution < -0.4 is 10.5 Å². The maximum atomic E-state index is 13.9. The van der Waals surface area contributed by atoms with Crippen LogP contribution in [0.4, 0.5) is 10.1 Å². The van der Waals surface area contributed by atoms with Crippen molar-refractivity contribution in [2.24, 2.45) is 5.73 Å². The van der Waals surface area contributed by atoms with Gasteiger partial charge < -0.3 is 10.5 Å². The average molecular weight is 290 g/mol. The van der Waals surface area contributed by atoms with E-state index in [1.165, 1.54) is 12.1 Å². The summed E-state index contributed by atoms with van der Waals surface area (Å²) >= 11 is 0. The number of ether oxygens (including phenoxy) is 1. The zero-order valence-corrected chi connectivity index (χ0v) is 11.5. The molecule has 2 N–H and O–H groups in total. The number of nitrogens with two attached hydrogens (primary N) is 1. The van der Waals surface area contributed by atoms with E-state index in [4.69, 9.17) is 10.5 Å². The smallest absolute Gasteiger partial charge is 0.305 e. The molecule has 0 unspecified atom stereocenters. The Kier molecular flexibility index (Phi) is 4.49. The van der Waals surface area contributed by atoms with Gasteiger partial charge in [-0.15, -0.1) is 0 Å². The lowest BCUT2D eigenvalue weighted by atomic mass is 10.1. The number of halogens is 1. The highest BCUT2D eigenvalue weighted by atomic mass is 19.1. The van der Waals surface area contributed by atoms with Gasteiger partial charge in [0.1, 0.15) is 12.4 Å². The van der Waals surface area contributed by atoms with Crippen molar-refractivity contribution in [2.75, 3.05) is 0 Å². The van der Waals surface area contributed by atoms with Crippen LogP contribution in [0.25, 0.3) is 0 Å². The minimum atomic E-state index is -0.866. The zero-order chi connectivity index (χ0) is 15.4. The highest BCUT2D eigenvalue weighted by Crippen LogP contribution is 2.22. The Morgan fingerprint density at radius 2 is 1.95 bits per heavy atom. The summed E-state index contributed by atoms with van der Waals surface area (Å²) in [5.41, 5.74) is 6.29. The molecule has 0 bridgehead atoms. The summed E-state index contributed by atoms with van der Waals surface area (Å²) in [5, 5.41) is 10.7. The Bertz CT molecular complexity index is 642. The molecular weight excluding hydrogens is 275 g/mol. The Morgan fingerprint density at radius 1 is 1.29 bits per heavy atom. The normalized spacial score (nSPS) is 12.0. The summed E-state index contributed by atoms with van der Waals surface area (Å²) < 4.78 is 19.3. The van der Waals surface area contributed by atoms with E-state index in [1.54, 1.807) is 12.1 Å². The van der Waals surface area contributed by atoms with Crippen molar-refractivity contribution in [1.29, 1.82) is 0 Å². The molecule has 2 aromatic carbocycles. The fourth-order valence-electron chi connectivity index (χ4n) is 1.85. The summed E-state index contributed by atoms with van der Waals surface area (Å²) in [6.07, 6.45) is 0. The van der Waals surface area contributed by atoms with Crippen molar-refractivity contribution in [3.05, 3.63) is 69.5 Å². The lowest BCUT2D eigenvalue weighted by Crippen LogP contribution is -2.05. The number of nitro groups is 1. The van der Waals surface area contributed by atoms with E-state index in [-0.39, 0.29) is 18.2 Å². The Morgan fingerprint density at radius 3 is 2.52 bits per heavy atom. The number of nitro benzene ring substituents is 1. The minimum absolute atomic E-state index is 0.0757. The molecule has 0 heterocycles. The van der Waals surface area contributed by atoms with Crippen molar-refractivity contribution in [1.82, 2.24) is 0 Å². The maximum Gasteiger partial charge on any atom is 0.305 e. The fraction of sp³-hybridized carbons (Fsp3) is 0.200. The predicted molar refractivity (Wildman–Crippen MR) is 76.4 cm³/mol. The SMILES string of the molecule is C[C@H](N)c1ccc(OCc2cccc([N+](=O)[O-])c2F)cc1. The number of benzene rings is 2. The van der Waals surface area contributed by atoms with Gasteiger partial charge in [0.2, 0.25) is 5.82 Å². The molecule has 0 radical (unpaired) electrons. The van der Waals surface area contributed by atoms with Crippen LogP contribution in [-0.2, 0) is 6.61 Å². The molecule has 0 amide bonds. The van der Waals surface area contributed by atoms with E-state index >= 15 is 0 Å². The van der Waals surface area contributed by atoms with Gasteiger partial charge in [0, 0.05) is 17.7 Å². The van der Waals surface area contributed by atoms with E-state index in [9.17, 15) is 14.5 Å². The first-order valence-corrected chi connectivity index (χ1v) is 6.39. The van der Waals surface area contributed by atoms with Crippen LogP contribution >= 0.6 is 0 Å². The standard InChI is InChI=1S/C15H15FN2O3/c1-10(17)11-5-7-13(8-6-11)21-9-12-3-2-4-14(15(12)16)18(19)20/h2-8,10H,9,17H2,1H3/t10-/m0/s1. The van der Waals surface area contributed by atoms with Gasteiger partial charge in [-0.3, -0.25) is 10.1 Å². The van der Waals surface area contributed by atoms with Crippen LogP contribution in [0.1, 0.15) is 24.1 Å². The Labute approximate surface area is 121 Å². The second kappa shape index (κ2) is 6.32. The summed E-state index contributed by atoms with van der Waals surface area (Å²) in [5.74, 6) is -0.319. The van der Waals surface area contributed by atoms with Gasteiger partial charge in [0.05, 0.1) is 4.92 Å². The third-order valence-corrected chi connectivity index (χ3v) is 3.06. The predicted octanol–water partition coefficient (Wildman–Crippen LogP) is 3.33. The molecule has 110 valence electrons. The number of hydrogen-bond donors (Lipinski definition) is 1. The molecule has 0 aliphatic carbocycles. The molecule has 2 rings (SSSR count). The van der Waals surface area contributed by atoms with Gasteiger partial charge in [-0.25, -0.2) is 0 Å². The lowest BCUT2D eigenvalue weighted by molar-refractivity contribution is -0.387. The van der Waals surface area contributed by atoms with Crippen LogP contribution in [0, 0.1) is 15.9 Å². The fourth-order valence-corrected chi connectivity index (χ4v) is 1.85.